The number of ether oxygens (including phenoxy) is 3. The van der Waals surface area contributed by atoms with Gasteiger partial charge in [0.2, 0.25) is 5.91 Å². The van der Waals surface area contributed by atoms with Gasteiger partial charge in [-0.3, -0.25) is 9.59 Å². The summed E-state index contributed by atoms with van der Waals surface area (Å²) in [6.07, 6.45) is -3.87. The molecule has 0 aliphatic carbocycles. The van der Waals surface area contributed by atoms with Gasteiger partial charge in [-0.2, -0.15) is 0 Å². The number of halogens is 2. The van der Waals surface area contributed by atoms with Crippen LogP contribution in [0.4, 0.5) is 18.4 Å². The molecule has 0 fully saturated rings. The third kappa shape index (κ3) is 16.4. The Hall–Kier alpha value is -5.08. The van der Waals surface area contributed by atoms with Gasteiger partial charge < -0.3 is 40.6 Å². The van der Waals surface area contributed by atoms with Crippen molar-refractivity contribution in [3.8, 4) is 0 Å². The quantitative estimate of drug-likeness (QED) is 0.123. The number of hydrogen-bond acceptors (Lipinski definition) is 8. The topological polar surface area (TPSA) is 164 Å². The summed E-state index contributed by atoms with van der Waals surface area (Å²) in [6.45, 7) is 8.58. The lowest BCUT2D eigenvalue weighted by Gasteiger charge is -2.29. The van der Waals surface area contributed by atoms with Crippen LogP contribution < -0.4 is 21.3 Å². The molecule has 0 aromatic heterocycles. The first-order chi connectivity index (χ1) is 25.0. The lowest BCUT2D eigenvalue weighted by molar-refractivity contribution is -0.132. The predicted octanol–water partition coefficient (Wildman–Crippen LogP) is 4.92. The normalized spacial score (nSPS) is 13.2. The van der Waals surface area contributed by atoms with Gasteiger partial charge in [0.1, 0.15) is 23.8 Å². The van der Waals surface area contributed by atoms with Gasteiger partial charge in [-0.15, -0.1) is 0 Å². The highest BCUT2D eigenvalue weighted by molar-refractivity contribution is 5.82. The van der Waals surface area contributed by atoms with Crippen LogP contribution in [0.3, 0.4) is 0 Å². The Kier molecular flexibility index (Phi) is 16.2. The van der Waals surface area contributed by atoms with Gasteiger partial charge in [0.15, 0.2) is 6.10 Å². The summed E-state index contributed by atoms with van der Waals surface area (Å²) >= 11 is 0. The fourth-order valence-corrected chi connectivity index (χ4v) is 4.93. The van der Waals surface area contributed by atoms with Crippen molar-refractivity contribution in [3.63, 3.8) is 0 Å². The van der Waals surface area contributed by atoms with Gasteiger partial charge in [0.05, 0.1) is 19.3 Å². The maximum Gasteiger partial charge on any atom is 0.408 e. The van der Waals surface area contributed by atoms with Crippen LogP contribution in [-0.4, -0.2) is 72.6 Å². The highest BCUT2D eigenvalue weighted by Gasteiger charge is 2.31. The average Bonchev–Trinajstić information content (AvgIpc) is 3.10. The van der Waals surface area contributed by atoms with Crippen LogP contribution in [0.2, 0.25) is 0 Å². The van der Waals surface area contributed by atoms with E-state index >= 15 is 0 Å². The molecule has 0 heterocycles. The van der Waals surface area contributed by atoms with E-state index in [1.54, 1.807) is 58.9 Å². The largest absolute Gasteiger partial charge is 0.445 e. The molecular weight excluding hydrogens is 690 g/mol. The monoisotopic (exact) mass is 740 g/mol. The molecule has 0 spiro atoms. The summed E-state index contributed by atoms with van der Waals surface area (Å²) in [5, 5.41) is 21.4. The summed E-state index contributed by atoms with van der Waals surface area (Å²) in [5.74, 6) is -2.66. The Bertz CT molecular complexity index is 1640. The van der Waals surface area contributed by atoms with Crippen molar-refractivity contribution in [2.24, 2.45) is 5.41 Å². The van der Waals surface area contributed by atoms with Crippen molar-refractivity contribution >= 4 is 24.0 Å². The van der Waals surface area contributed by atoms with Crippen LogP contribution in [0.5, 0.6) is 0 Å². The number of aliphatic hydroxyl groups is 1. The van der Waals surface area contributed by atoms with Crippen molar-refractivity contribution in [2.45, 2.75) is 84.5 Å². The maximum atomic E-state index is 14.5. The number of carbonyl (C=O) groups is 4. The number of nitrogens with one attached hydrogen (secondary N) is 4. The van der Waals surface area contributed by atoms with Crippen LogP contribution in [0, 0.1) is 17.0 Å². The maximum absolute atomic E-state index is 14.5. The van der Waals surface area contributed by atoms with E-state index in [0.29, 0.717) is 0 Å². The molecule has 12 nitrogen and oxygen atoms in total. The molecule has 3 aromatic rings. The van der Waals surface area contributed by atoms with Crippen molar-refractivity contribution in [1.29, 1.82) is 0 Å². The Morgan fingerprint density at radius 3 is 2.00 bits per heavy atom. The molecule has 0 bridgehead atoms. The number of benzene rings is 3. The lowest BCUT2D eigenvalue weighted by Crippen LogP contribution is -2.55. The Balaban J connectivity index is 1.57. The molecule has 4 amide bonds. The van der Waals surface area contributed by atoms with Gasteiger partial charge in [-0.05, 0) is 67.5 Å². The molecule has 3 aromatic carbocycles. The standard InChI is InChI=1S/C39H50F2N4O8/c1-38(2,3)53-37(50)45-32(23-51-21-26-12-8-6-9-13-26)34(47)35(48)43-25-39(4,5)24-42-33(46)20-30(19-28-18-29(40)16-17-31(28)41)44-36(49)52-22-27-14-10-7-11-15-27/h6-18,30,32,34,47H,19-25H2,1-5H3,(H,42,46)(H,43,48)(H,44,49)(H,45,50)/t30?,32-,34?/m1/s1. The van der Waals surface area contributed by atoms with Crippen LogP contribution in [0.25, 0.3) is 0 Å². The van der Waals surface area contributed by atoms with Gasteiger partial charge in [-0.1, -0.05) is 74.5 Å². The van der Waals surface area contributed by atoms with E-state index in [9.17, 15) is 33.1 Å². The number of alkyl carbamates (subject to hydrolysis) is 2. The number of carbonyl (C=O) groups excluding carboxylic acids is 4. The van der Waals surface area contributed by atoms with Crippen LogP contribution in [0.15, 0.2) is 78.9 Å². The second-order valence-electron chi connectivity index (χ2n) is 14.4. The summed E-state index contributed by atoms with van der Waals surface area (Å²) < 4.78 is 44.7. The van der Waals surface area contributed by atoms with E-state index in [-0.39, 0.29) is 51.3 Å². The fraction of sp³-hybridized carbons (Fsp3) is 0.436. The molecular formula is C39H50F2N4O8. The third-order valence-corrected chi connectivity index (χ3v) is 7.71. The molecule has 53 heavy (non-hydrogen) atoms. The van der Waals surface area contributed by atoms with Gasteiger partial charge >= 0.3 is 12.2 Å². The molecule has 3 rings (SSSR count). The van der Waals surface area contributed by atoms with E-state index in [0.717, 1.165) is 29.3 Å². The first-order valence-corrected chi connectivity index (χ1v) is 17.2. The molecule has 0 radical (unpaired) electrons. The molecule has 14 heteroatoms. The van der Waals surface area contributed by atoms with E-state index in [1.807, 2.05) is 36.4 Å². The molecule has 0 saturated heterocycles. The minimum Gasteiger partial charge on any atom is -0.445 e. The zero-order chi connectivity index (χ0) is 39.0. The molecule has 0 aliphatic heterocycles. The highest BCUT2D eigenvalue weighted by Crippen LogP contribution is 2.16. The Morgan fingerprint density at radius 2 is 1.38 bits per heavy atom. The minimum atomic E-state index is -1.71. The average molecular weight is 741 g/mol. The van der Waals surface area contributed by atoms with E-state index in [1.165, 1.54) is 0 Å². The summed E-state index contributed by atoms with van der Waals surface area (Å²) in [5.41, 5.74) is 0.00430. The molecule has 0 aliphatic rings. The molecule has 3 atom stereocenters. The SMILES string of the molecule is CC(C)(CNC(=O)CC(Cc1cc(F)ccc1F)NC(=O)OCc1ccccc1)CNC(=O)C(O)[C@@H](COCc1ccccc1)NC(=O)OC(C)(C)C. The zero-order valence-corrected chi connectivity index (χ0v) is 30.7. The van der Waals surface area contributed by atoms with E-state index in [2.05, 4.69) is 21.3 Å². The summed E-state index contributed by atoms with van der Waals surface area (Å²) in [4.78, 5) is 51.3. The van der Waals surface area contributed by atoms with Gasteiger partial charge in [0, 0.05) is 25.6 Å². The van der Waals surface area contributed by atoms with Crippen LogP contribution in [-0.2, 0) is 43.4 Å². The van der Waals surface area contributed by atoms with Crippen LogP contribution in [0.1, 0.15) is 57.7 Å². The summed E-state index contributed by atoms with van der Waals surface area (Å²) in [7, 11) is 0. The van der Waals surface area contributed by atoms with Gasteiger partial charge in [0.25, 0.3) is 5.91 Å². The minimum absolute atomic E-state index is 0.00912. The zero-order valence-electron chi connectivity index (χ0n) is 30.7. The second-order valence-corrected chi connectivity index (χ2v) is 14.4. The smallest absolute Gasteiger partial charge is 0.408 e. The third-order valence-electron chi connectivity index (χ3n) is 7.71. The van der Waals surface area contributed by atoms with E-state index < -0.39 is 64.8 Å². The Morgan fingerprint density at radius 1 is 0.774 bits per heavy atom. The van der Waals surface area contributed by atoms with Crippen molar-refractivity contribution < 1.29 is 47.3 Å². The van der Waals surface area contributed by atoms with Crippen molar-refractivity contribution in [3.05, 3.63) is 107 Å². The molecule has 2 unspecified atom stereocenters. The fourth-order valence-electron chi connectivity index (χ4n) is 4.93. The highest BCUT2D eigenvalue weighted by atomic mass is 19.1. The number of rotatable bonds is 18. The molecule has 0 saturated carbocycles. The number of aliphatic hydroxyl groups excluding tert-OH is 1. The second kappa shape index (κ2) is 20.2. The van der Waals surface area contributed by atoms with Crippen molar-refractivity contribution in [2.75, 3.05) is 19.7 Å². The van der Waals surface area contributed by atoms with Crippen molar-refractivity contribution in [1.82, 2.24) is 21.3 Å². The summed E-state index contributed by atoms with van der Waals surface area (Å²) in [6, 6.07) is 19.0. The van der Waals surface area contributed by atoms with Gasteiger partial charge in [-0.25, -0.2) is 18.4 Å². The number of hydrogen-bond donors (Lipinski definition) is 5. The predicted molar refractivity (Wildman–Crippen MR) is 193 cm³/mol. The number of amides is 4. The van der Waals surface area contributed by atoms with Crippen LogP contribution >= 0.6 is 0 Å². The van der Waals surface area contributed by atoms with E-state index in [4.69, 9.17) is 14.2 Å². The first-order valence-electron chi connectivity index (χ1n) is 17.2. The first kappa shape index (κ1) is 42.3. The Labute approximate surface area is 309 Å². The lowest BCUT2D eigenvalue weighted by atomic mass is 9.93. The molecule has 288 valence electrons. The molecule has 5 N–H and O–H groups in total.